The number of carbonyl (C=O) groups is 7. The van der Waals surface area contributed by atoms with Crippen LogP contribution in [0.25, 0.3) is 0 Å². The number of hydrogen-bond donors (Lipinski definition) is 4. The molecule has 1 aliphatic rings. The summed E-state index contributed by atoms with van der Waals surface area (Å²) in [6.45, 7) is 2.61. The fourth-order valence-electron chi connectivity index (χ4n) is 2.31. The molecule has 1 heterocycles. The lowest BCUT2D eigenvalue weighted by Crippen LogP contribution is -2.53. The van der Waals surface area contributed by atoms with Gasteiger partial charge in [-0.05, 0) is 13.8 Å². The van der Waals surface area contributed by atoms with Gasteiger partial charge in [-0.15, -0.1) is 0 Å². The van der Waals surface area contributed by atoms with Gasteiger partial charge in [-0.2, -0.15) is 0 Å². The molecular formula is C17H23N5O7. The number of aldehydes is 1. The number of primary amides is 1. The number of nitrogens with one attached hydrogen (secondary N) is 3. The second-order valence-electron chi connectivity index (χ2n) is 6.35. The molecule has 0 fully saturated rings. The summed E-state index contributed by atoms with van der Waals surface area (Å²) < 4.78 is 0. The highest BCUT2D eigenvalue weighted by atomic mass is 16.2. The van der Waals surface area contributed by atoms with E-state index >= 15 is 0 Å². The van der Waals surface area contributed by atoms with E-state index in [1.807, 2.05) is 0 Å². The van der Waals surface area contributed by atoms with Crippen LogP contribution in [0.5, 0.6) is 0 Å². The third kappa shape index (κ3) is 7.52. The average Bonchev–Trinajstić information content (AvgIpc) is 2.96. The second kappa shape index (κ2) is 10.7. The van der Waals surface area contributed by atoms with Crippen molar-refractivity contribution in [3.63, 3.8) is 0 Å². The van der Waals surface area contributed by atoms with Crippen LogP contribution in [0.4, 0.5) is 0 Å². The molecule has 0 radical (unpaired) electrons. The molecule has 158 valence electrons. The fourth-order valence-corrected chi connectivity index (χ4v) is 2.31. The molecule has 0 spiro atoms. The topological polar surface area (TPSA) is 185 Å². The zero-order valence-corrected chi connectivity index (χ0v) is 16.0. The molecule has 1 aliphatic heterocycles. The predicted octanol–water partition coefficient (Wildman–Crippen LogP) is -3.13. The summed E-state index contributed by atoms with van der Waals surface area (Å²) >= 11 is 0. The first-order valence-corrected chi connectivity index (χ1v) is 8.72. The summed E-state index contributed by atoms with van der Waals surface area (Å²) in [5.74, 6) is -3.76. The third-order valence-electron chi connectivity index (χ3n) is 3.90. The quantitative estimate of drug-likeness (QED) is 0.205. The lowest BCUT2D eigenvalue weighted by molar-refractivity contribution is -0.137. The van der Waals surface area contributed by atoms with Gasteiger partial charge in [0.2, 0.25) is 23.6 Å². The van der Waals surface area contributed by atoms with E-state index in [1.54, 1.807) is 0 Å². The highest BCUT2D eigenvalue weighted by Crippen LogP contribution is 2.04. The molecule has 0 saturated heterocycles. The Morgan fingerprint density at radius 3 is 2.03 bits per heavy atom. The van der Waals surface area contributed by atoms with Gasteiger partial charge in [-0.1, -0.05) is 0 Å². The second-order valence-corrected chi connectivity index (χ2v) is 6.35. The van der Waals surface area contributed by atoms with Crippen molar-refractivity contribution in [2.45, 2.75) is 44.8 Å². The molecule has 0 aromatic carbocycles. The lowest BCUT2D eigenvalue weighted by Gasteiger charge is -2.20. The van der Waals surface area contributed by atoms with Crippen LogP contribution in [0.1, 0.15) is 26.7 Å². The van der Waals surface area contributed by atoms with Crippen molar-refractivity contribution < 1.29 is 33.6 Å². The zero-order valence-electron chi connectivity index (χ0n) is 16.0. The third-order valence-corrected chi connectivity index (χ3v) is 3.90. The standard InChI is InChI=1S/C17H23N5O7/c1-9(19-13(25)5-6-22-14(26)3-4-15(22)27)16(28)20-10(2)17(29)21-11(8-23)7-12(18)24/h3-4,8-11H,5-7H2,1-2H3,(H2,18,24)(H,19,25)(H,20,28)(H,21,29)/t9?,10-,11?/m0/s1. The summed E-state index contributed by atoms with van der Waals surface area (Å²) in [5.41, 5.74) is 4.96. The molecule has 1 rings (SSSR count). The molecule has 0 bridgehead atoms. The van der Waals surface area contributed by atoms with Gasteiger partial charge in [0.05, 0.1) is 12.5 Å². The largest absolute Gasteiger partial charge is 0.370 e. The highest BCUT2D eigenvalue weighted by molar-refractivity contribution is 6.13. The number of hydrogen-bond acceptors (Lipinski definition) is 7. The van der Waals surface area contributed by atoms with Gasteiger partial charge in [0.25, 0.3) is 11.8 Å². The van der Waals surface area contributed by atoms with E-state index in [0.29, 0.717) is 6.29 Å². The fraction of sp³-hybridized carbons (Fsp3) is 0.471. The van der Waals surface area contributed by atoms with Crippen LogP contribution in [-0.2, 0) is 33.6 Å². The molecule has 2 unspecified atom stereocenters. The van der Waals surface area contributed by atoms with E-state index < -0.39 is 53.6 Å². The van der Waals surface area contributed by atoms with Crippen LogP contribution < -0.4 is 21.7 Å². The van der Waals surface area contributed by atoms with Gasteiger partial charge < -0.3 is 26.5 Å². The van der Waals surface area contributed by atoms with Crippen LogP contribution in [0.3, 0.4) is 0 Å². The minimum atomic E-state index is -1.11. The molecule has 12 nitrogen and oxygen atoms in total. The summed E-state index contributed by atoms with van der Waals surface area (Å²) in [6, 6.07) is -3.17. The smallest absolute Gasteiger partial charge is 0.253 e. The van der Waals surface area contributed by atoms with E-state index in [9.17, 15) is 33.6 Å². The number of amides is 6. The maximum absolute atomic E-state index is 12.1. The van der Waals surface area contributed by atoms with Crippen molar-refractivity contribution in [3.8, 4) is 0 Å². The highest BCUT2D eigenvalue weighted by Gasteiger charge is 2.25. The molecular weight excluding hydrogens is 386 g/mol. The van der Waals surface area contributed by atoms with E-state index in [-0.39, 0.29) is 19.4 Å². The summed E-state index contributed by atoms with van der Waals surface area (Å²) in [4.78, 5) is 81.4. The first kappa shape index (κ1) is 23.5. The van der Waals surface area contributed by atoms with Crippen molar-refractivity contribution >= 4 is 41.7 Å². The van der Waals surface area contributed by atoms with Gasteiger partial charge in [0.15, 0.2) is 0 Å². The SMILES string of the molecule is CC(NC(=O)CCN1C(=O)C=CC1=O)C(=O)N[C@@H](C)C(=O)NC(C=O)CC(N)=O. The minimum Gasteiger partial charge on any atom is -0.370 e. The molecule has 0 aromatic heterocycles. The average molecular weight is 409 g/mol. The monoisotopic (exact) mass is 409 g/mol. The molecule has 12 heteroatoms. The minimum absolute atomic E-state index is 0.128. The Bertz CT molecular complexity index is 730. The normalized spacial score (nSPS) is 16.0. The number of carbonyl (C=O) groups excluding carboxylic acids is 7. The molecule has 0 saturated carbocycles. The Balaban J connectivity index is 2.43. The Labute approximate surface area is 166 Å². The van der Waals surface area contributed by atoms with Crippen LogP contribution in [0, 0.1) is 0 Å². The van der Waals surface area contributed by atoms with Crippen LogP contribution in [-0.4, -0.2) is 71.3 Å². The van der Waals surface area contributed by atoms with Crippen molar-refractivity contribution in [2.24, 2.45) is 5.73 Å². The molecule has 0 aliphatic carbocycles. The lowest BCUT2D eigenvalue weighted by atomic mass is 10.2. The maximum atomic E-state index is 12.1. The number of rotatable bonds is 11. The molecule has 0 aromatic rings. The Hall–Kier alpha value is -3.57. The van der Waals surface area contributed by atoms with Crippen LogP contribution in [0.2, 0.25) is 0 Å². The number of nitrogens with two attached hydrogens (primary N) is 1. The van der Waals surface area contributed by atoms with Gasteiger partial charge >= 0.3 is 0 Å². The van der Waals surface area contributed by atoms with Crippen LogP contribution >= 0.6 is 0 Å². The van der Waals surface area contributed by atoms with Gasteiger partial charge in [0.1, 0.15) is 18.4 Å². The molecule has 5 N–H and O–H groups in total. The van der Waals surface area contributed by atoms with Gasteiger partial charge in [-0.3, -0.25) is 33.7 Å². The summed E-state index contributed by atoms with van der Waals surface area (Å²) in [7, 11) is 0. The molecule has 3 atom stereocenters. The Morgan fingerprint density at radius 2 is 1.52 bits per heavy atom. The first-order valence-electron chi connectivity index (χ1n) is 8.72. The maximum Gasteiger partial charge on any atom is 0.253 e. The van der Waals surface area contributed by atoms with Crippen molar-refractivity contribution in [2.75, 3.05) is 6.54 Å². The van der Waals surface area contributed by atoms with Gasteiger partial charge in [-0.25, -0.2) is 0 Å². The molecule has 29 heavy (non-hydrogen) atoms. The zero-order chi connectivity index (χ0) is 22.1. The summed E-state index contributed by atoms with van der Waals surface area (Å²) in [5, 5.41) is 7.00. The van der Waals surface area contributed by atoms with Crippen molar-refractivity contribution in [3.05, 3.63) is 12.2 Å². The number of imide groups is 1. The van der Waals surface area contributed by atoms with Gasteiger partial charge in [0, 0.05) is 25.1 Å². The van der Waals surface area contributed by atoms with Crippen LogP contribution in [0.15, 0.2) is 12.2 Å². The first-order chi connectivity index (χ1) is 13.5. The van der Waals surface area contributed by atoms with E-state index in [4.69, 9.17) is 5.73 Å². The van der Waals surface area contributed by atoms with E-state index in [2.05, 4.69) is 16.0 Å². The van der Waals surface area contributed by atoms with E-state index in [1.165, 1.54) is 13.8 Å². The Kier molecular flexibility index (Phi) is 8.65. The predicted molar refractivity (Wildman–Crippen MR) is 97.5 cm³/mol. The van der Waals surface area contributed by atoms with Crippen molar-refractivity contribution in [1.29, 1.82) is 0 Å². The molecule has 6 amide bonds. The van der Waals surface area contributed by atoms with E-state index in [0.717, 1.165) is 17.1 Å². The van der Waals surface area contributed by atoms with Crippen molar-refractivity contribution in [1.82, 2.24) is 20.9 Å². The Morgan fingerprint density at radius 1 is 1.00 bits per heavy atom. The summed E-state index contributed by atoms with van der Waals surface area (Å²) in [6.07, 6.45) is 1.98. The number of nitrogens with zero attached hydrogens (tertiary/aromatic N) is 1.